The third kappa shape index (κ3) is 3.48. The summed E-state index contributed by atoms with van der Waals surface area (Å²) in [6.45, 7) is 0.0781. The van der Waals surface area contributed by atoms with Gasteiger partial charge in [0.15, 0.2) is 11.5 Å². The van der Waals surface area contributed by atoms with E-state index in [1.807, 2.05) is 54.6 Å². The van der Waals surface area contributed by atoms with Gasteiger partial charge in [-0.15, -0.1) is 0 Å². The summed E-state index contributed by atoms with van der Waals surface area (Å²) >= 11 is 0. The minimum Gasteiger partial charge on any atom is -0.493 e. The van der Waals surface area contributed by atoms with Crippen molar-refractivity contribution in [2.45, 2.75) is 12.5 Å². The second kappa shape index (κ2) is 6.81. The Labute approximate surface area is 113 Å². The molecule has 0 unspecified atom stereocenters. The Morgan fingerprint density at radius 1 is 0.947 bits per heavy atom. The molecule has 0 aromatic heterocycles. The molecule has 0 aliphatic rings. The Morgan fingerprint density at radius 3 is 2.21 bits per heavy atom. The van der Waals surface area contributed by atoms with Gasteiger partial charge in [-0.25, -0.2) is 0 Å². The van der Waals surface area contributed by atoms with Crippen LogP contribution in [0.2, 0.25) is 0 Å². The molecule has 0 saturated heterocycles. The molecule has 100 valence electrons. The lowest BCUT2D eigenvalue weighted by Gasteiger charge is -2.20. The monoisotopic (exact) mass is 258 g/mol. The first kappa shape index (κ1) is 13.4. The summed E-state index contributed by atoms with van der Waals surface area (Å²) in [6, 6.07) is 17.4. The van der Waals surface area contributed by atoms with Gasteiger partial charge in [0, 0.05) is 13.0 Å². The van der Waals surface area contributed by atoms with E-state index in [0.717, 1.165) is 5.56 Å². The number of hydrogen-bond acceptors (Lipinski definition) is 3. The van der Waals surface area contributed by atoms with Crippen molar-refractivity contribution in [1.82, 2.24) is 0 Å². The molecule has 19 heavy (non-hydrogen) atoms. The summed E-state index contributed by atoms with van der Waals surface area (Å²) in [5.41, 5.74) is 1.04. The van der Waals surface area contributed by atoms with Crippen LogP contribution in [0.25, 0.3) is 0 Å². The van der Waals surface area contributed by atoms with Gasteiger partial charge in [-0.1, -0.05) is 42.5 Å². The van der Waals surface area contributed by atoms with Crippen molar-refractivity contribution < 1.29 is 14.6 Å². The lowest BCUT2D eigenvalue weighted by Crippen LogP contribution is -2.10. The molecular formula is C16H18O3. The van der Waals surface area contributed by atoms with Crippen molar-refractivity contribution in [3.05, 3.63) is 60.2 Å². The van der Waals surface area contributed by atoms with Crippen LogP contribution in [0.5, 0.6) is 11.5 Å². The average Bonchev–Trinajstić information content (AvgIpc) is 2.48. The SMILES string of the molecule is COc1ccccc1O[C@H](CCO)c1ccccc1. The molecule has 0 aliphatic heterocycles. The van der Waals surface area contributed by atoms with E-state index < -0.39 is 0 Å². The lowest BCUT2D eigenvalue weighted by atomic mass is 10.1. The van der Waals surface area contributed by atoms with Gasteiger partial charge in [0.1, 0.15) is 6.10 Å². The van der Waals surface area contributed by atoms with Gasteiger partial charge < -0.3 is 14.6 Å². The molecule has 2 aromatic rings. The van der Waals surface area contributed by atoms with Crippen LogP contribution in [-0.2, 0) is 0 Å². The average molecular weight is 258 g/mol. The first-order valence-electron chi connectivity index (χ1n) is 6.30. The Morgan fingerprint density at radius 2 is 1.58 bits per heavy atom. The van der Waals surface area contributed by atoms with Gasteiger partial charge in [-0.05, 0) is 17.7 Å². The molecule has 3 heteroatoms. The summed E-state index contributed by atoms with van der Waals surface area (Å²) in [6.07, 6.45) is 0.365. The molecule has 3 nitrogen and oxygen atoms in total. The molecule has 0 saturated carbocycles. The zero-order valence-electron chi connectivity index (χ0n) is 11.0. The predicted molar refractivity (Wildman–Crippen MR) is 74.5 cm³/mol. The highest BCUT2D eigenvalue weighted by atomic mass is 16.5. The van der Waals surface area contributed by atoms with Crippen LogP contribution in [0.15, 0.2) is 54.6 Å². The summed E-state index contributed by atoms with van der Waals surface area (Å²) in [5.74, 6) is 1.38. The van der Waals surface area contributed by atoms with Gasteiger partial charge in [0.25, 0.3) is 0 Å². The highest BCUT2D eigenvalue weighted by Crippen LogP contribution is 2.31. The van der Waals surface area contributed by atoms with Gasteiger partial charge in [0.05, 0.1) is 7.11 Å². The lowest BCUT2D eigenvalue weighted by molar-refractivity contribution is 0.151. The highest BCUT2D eigenvalue weighted by Gasteiger charge is 2.14. The second-order valence-electron chi connectivity index (χ2n) is 4.18. The molecule has 1 N–H and O–H groups in total. The van der Waals surface area contributed by atoms with E-state index in [2.05, 4.69) is 0 Å². The number of aliphatic hydroxyl groups is 1. The molecular weight excluding hydrogens is 240 g/mol. The van der Waals surface area contributed by atoms with E-state index >= 15 is 0 Å². The Hall–Kier alpha value is -2.00. The number of rotatable bonds is 6. The number of methoxy groups -OCH3 is 1. The number of ether oxygens (including phenoxy) is 2. The topological polar surface area (TPSA) is 38.7 Å². The first-order chi connectivity index (χ1) is 9.35. The van der Waals surface area contributed by atoms with E-state index in [0.29, 0.717) is 17.9 Å². The van der Waals surface area contributed by atoms with Crippen LogP contribution in [0.4, 0.5) is 0 Å². The zero-order valence-corrected chi connectivity index (χ0v) is 11.0. The maximum atomic E-state index is 9.19. The Balaban J connectivity index is 2.21. The number of benzene rings is 2. The molecule has 2 rings (SSSR count). The maximum absolute atomic E-state index is 9.19. The van der Waals surface area contributed by atoms with Crippen molar-refractivity contribution in [1.29, 1.82) is 0 Å². The molecule has 1 atom stereocenters. The summed E-state index contributed by atoms with van der Waals surface area (Å²) in [7, 11) is 1.62. The first-order valence-corrected chi connectivity index (χ1v) is 6.30. The Bertz CT molecular complexity index is 496. The summed E-state index contributed by atoms with van der Waals surface area (Å²) < 4.78 is 11.3. The largest absolute Gasteiger partial charge is 0.493 e. The number of para-hydroxylation sites is 2. The van der Waals surface area contributed by atoms with Crippen molar-refractivity contribution in [2.24, 2.45) is 0 Å². The van der Waals surface area contributed by atoms with E-state index in [1.165, 1.54) is 0 Å². The smallest absolute Gasteiger partial charge is 0.162 e. The fourth-order valence-corrected chi connectivity index (χ4v) is 1.95. The van der Waals surface area contributed by atoms with Gasteiger partial charge >= 0.3 is 0 Å². The normalized spacial score (nSPS) is 11.9. The number of hydrogen-bond donors (Lipinski definition) is 1. The molecule has 0 radical (unpaired) electrons. The van der Waals surface area contributed by atoms with Crippen LogP contribution in [0.1, 0.15) is 18.1 Å². The minimum absolute atomic E-state index is 0.0781. The van der Waals surface area contributed by atoms with Gasteiger partial charge in [-0.2, -0.15) is 0 Å². The minimum atomic E-state index is -0.178. The standard InChI is InChI=1S/C16H18O3/c1-18-15-9-5-6-10-16(15)19-14(11-12-17)13-7-3-2-4-8-13/h2-10,14,17H,11-12H2,1H3/t14-/m1/s1. The van der Waals surface area contributed by atoms with Crippen LogP contribution in [0.3, 0.4) is 0 Å². The molecule has 0 fully saturated rings. The molecule has 0 spiro atoms. The summed E-state index contributed by atoms with van der Waals surface area (Å²) in [5, 5.41) is 9.19. The molecule has 0 amide bonds. The highest BCUT2D eigenvalue weighted by molar-refractivity contribution is 5.40. The molecule has 2 aromatic carbocycles. The van der Waals surface area contributed by atoms with Crippen LogP contribution in [0, 0.1) is 0 Å². The van der Waals surface area contributed by atoms with Gasteiger partial charge in [0.2, 0.25) is 0 Å². The van der Waals surface area contributed by atoms with E-state index in [4.69, 9.17) is 9.47 Å². The van der Waals surface area contributed by atoms with Crippen molar-refractivity contribution >= 4 is 0 Å². The van der Waals surface area contributed by atoms with Crippen molar-refractivity contribution in [3.63, 3.8) is 0 Å². The third-order valence-electron chi connectivity index (χ3n) is 2.90. The van der Waals surface area contributed by atoms with E-state index in [-0.39, 0.29) is 12.7 Å². The molecule has 0 bridgehead atoms. The summed E-state index contributed by atoms with van der Waals surface area (Å²) in [4.78, 5) is 0. The fraction of sp³-hybridized carbons (Fsp3) is 0.250. The third-order valence-corrected chi connectivity index (χ3v) is 2.90. The zero-order chi connectivity index (χ0) is 13.5. The van der Waals surface area contributed by atoms with Crippen molar-refractivity contribution in [3.8, 4) is 11.5 Å². The van der Waals surface area contributed by atoms with Gasteiger partial charge in [-0.3, -0.25) is 0 Å². The maximum Gasteiger partial charge on any atom is 0.162 e. The van der Waals surface area contributed by atoms with Crippen LogP contribution >= 0.6 is 0 Å². The Kier molecular flexibility index (Phi) is 4.81. The van der Waals surface area contributed by atoms with Crippen molar-refractivity contribution in [2.75, 3.05) is 13.7 Å². The predicted octanol–water partition coefficient (Wildman–Crippen LogP) is 3.20. The van der Waals surface area contributed by atoms with E-state index in [1.54, 1.807) is 7.11 Å². The molecule has 0 heterocycles. The quantitative estimate of drug-likeness (QED) is 0.864. The van der Waals surface area contributed by atoms with E-state index in [9.17, 15) is 5.11 Å². The fourth-order valence-electron chi connectivity index (χ4n) is 1.95. The second-order valence-corrected chi connectivity index (χ2v) is 4.18. The molecule has 0 aliphatic carbocycles. The van der Waals surface area contributed by atoms with Crippen LogP contribution < -0.4 is 9.47 Å². The number of aliphatic hydroxyl groups excluding tert-OH is 1. The van der Waals surface area contributed by atoms with Crippen LogP contribution in [-0.4, -0.2) is 18.8 Å².